The van der Waals surface area contributed by atoms with Gasteiger partial charge in [-0.15, -0.1) is 0 Å². The largest absolute Gasteiger partial charge is 0.493 e. The molecule has 1 saturated heterocycles. The molecule has 0 amide bonds. The van der Waals surface area contributed by atoms with E-state index in [4.69, 9.17) is 14.2 Å². The van der Waals surface area contributed by atoms with Crippen molar-refractivity contribution in [3.63, 3.8) is 0 Å². The molecule has 0 aromatic heterocycles. The number of ether oxygens (including phenoxy) is 3. The summed E-state index contributed by atoms with van der Waals surface area (Å²) in [7, 11) is 3.29. The van der Waals surface area contributed by atoms with Gasteiger partial charge in [-0.25, -0.2) is 0 Å². The Kier molecular flexibility index (Phi) is 7.50. The van der Waals surface area contributed by atoms with E-state index in [-0.39, 0.29) is 0 Å². The maximum Gasteiger partial charge on any atom is 0.161 e. The summed E-state index contributed by atoms with van der Waals surface area (Å²) >= 11 is 0. The minimum atomic E-state index is -0.735. The fourth-order valence-electron chi connectivity index (χ4n) is 3.11. The average Bonchev–Trinajstić information content (AvgIpc) is 2.59. The van der Waals surface area contributed by atoms with Gasteiger partial charge in [0.15, 0.2) is 11.5 Å². The van der Waals surface area contributed by atoms with Crippen LogP contribution in [0, 0.1) is 0 Å². The van der Waals surface area contributed by atoms with Crippen LogP contribution in [0.5, 0.6) is 11.5 Å². The summed E-state index contributed by atoms with van der Waals surface area (Å²) < 4.78 is 16.1. The molecule has 1 fully saturated rings. The highest BCUT2D eigenvalue weighted by molar-refractivity contribution is 5.42. The van der Waals surface area contributed by atoms with Crippen molar-refractivity contribution in [2.45, 2.75) is 26.0 Å². The van der Waals surface area contributed by atoms with E-state index in [9.17, 15) is 5.11 Å². The molecule has 142 valence electrons. The third-order valence-corrected chi connectivity index (χ3v) is 4.30. The second kappa shape index (κ2) is 9.38. The molecule has 1 aliphatic heterocycles. The first-order chi connectivity index (χ1) is 11.9. The van der Waals surface area contributed by atoms with E-state index in [1.807, 2.05) is 32.0 Å². The van der Waals surface area contributed by atoms with Gasteiger partial charge < -0.3 is 19.3 Å². The predicted molar refractivity (Wildman–Crippen MR) is 98.4 cm³/mol. The number of aliphatic hydroxyl groups is 1. The third-order valence-electron chi connectivity index (χ3n) is 4.30. The Hall–Kier alpha value is -1.34. The zero-order chi connectivity index (χ0) is 18.3. The molecule has 0 unspecified atom stereocenters. The first-order valence-electron chi connectivity index (χ1n) is 8.87. The molecule has 1 heterocycles. The summed E-state index contributed by atoms with van der Waals surface area (Å²) in [6.45, 7) is 10.5. The highest BCUT2D eigenvalue weighted by atomic mass is 16.5. The molecule has 1 aromatic rings. The molecule has 0 aliphatic carbocycles. The Morgan fingerprint density at radius 3 is 2.44 bits per heavy atom. The lowest BCUT2D eigenvalue weighted by atomic mass is 10.1. The summed E-state index contributed by atoms with van der Waals surface area (Å²) in [6.07, 6.45) is 0. The maximum atomic E-state index is 10.3. The quantitative estimate of drug-likeness (QED) is 0.729. The smallest absolute Gasteiger partial charge is 0.161 e. The summed E-state index contributed by atoms with van der Waals surface area (Å²) in [6, 6.07) is 5.98. The lowest BCUT2D eigenvalue weighted by Crippen LogP contribution is -2.44. The highest BCUT2D eigenvalue weighted by Crippen LogP contribution is 2.28. The van der Waals surface area contributed by atoms with E-state index in [1.165, 1.54) is 0 Å². The van der Waals surface area contributed by atoms with Gasteiger partial charge in [0.05, 0.1) is 33.0 Å². The van der Waals surface area contributed by atoms with E-state index in [0.29, 0.717) is 6.54 Å². The van der Waals surface area contributed by atoms with Gasteiger partial charge in [-0.1, -0.05) is 6.07 Å². The number of methoxy groups -OCH3 is 2. The van der Waals surface area contributed by atoms with Crippen molar-refractivity contribution in [2.75, 3.05) is 60.2 Å². The van der Waals surface area contributed by atoms with Crippen LogP contribution in [0.25, 0.3) is 0 Å². The first-order valence-corrected chi connectivity index (χ1v) is 8.87. The van der Waals surface area contributed by atoms with Gasteiger partial charge in [-0.2, -0.15) is 0 Å². The number of hydrogen-bond donors (Lipinski definition) is 1. The Morgan fingerprint density at radius 1 is 1.16 bits per heavy atom. The molecule has 0 radical (unpaired) electrons. The molecule has 25 heavy (non-hydrogen) atoms. The van der Waals surface area contributed by atoms with E-state index in [0.717, 1.165) is 63.0 Å². The van der Waals surface area contributed by atoms with Gasteiger partial charge in [0, 0.05) is 39.3 Å². The van der Waals surface area contributed by atoms with Crippen LogP contribution in [-0.2, 0) is 11.3 Å². The summed E-state index contributed by atoms with van der Waals surface area (Å²) in [5.41, 5.74) is 0.408. The van der Waals surface area contributed by atoms with Crippen LogP contribution in [0.4, 0.5) is 0 Å². The Bertz CT molecular complexity index is 525. The summed E-state index contributed by atoms with van der Waals surface area (Å²) in [4.78, 5) is 4.70. The lowest BCUT2D eigenvalue weighted by molar-refractivity contribution is 0.0139. The summed E-state index contributed by atoms with van der Waals surface area (Å²) in [5.74, 6) is 1.46. The molecule has 2 rings (SSSR count). The topological polar surface area (TPSA) is 54.4 Å². The number of nitrogens with zero attached hydrogens (tertiary/aromatic N) is 2. The normalized spacial score (nSPS) is 16.2. The maximum absolute atomic E-state index is 10.3. The van der Waals surface area contributed by atoms with Crippen molar-refractivity contribution in [1.29, 1.82) is 0 Å². The first kappa shape index (κ1) is 20.0. The van der Waals surface area contributed by atoms with Gasteiger partial charge >= 0.3 is 0 Å². The van der Waals surface area contributed by atoms with Crippen molar-refractivity contribution in [3.05, 3.63) is 23.8 Å². The van der Waals surface area contributed by atoms with Crippen molar-refractivity contribution >= 4 is 0 Å². The second-order valence-corrected chi connectivity index (χ2v) is 7.17. The minimum absolute atomic E-state index is 0.617. The van der Waals surface area contributed by atoms with Crippen molar-refractivity contribution in [1.82, 2.24) is 9.80 Å². The molecule has 0 atom stereocenters. The van der Waals surface area contributed by atoms with Crippen LogP contribution >= 0.6 is 0 Å². The van der Waals surface area contributed by atoms with Crippen LogP contribution < -0.4 is 9.47 Å². The third kappa shape index (κ3) is 6.82. The van der Waals surface area contributed by atoms with Crippen LogP contribution in [-0.4, -0.2) is 80.7 Å². The molecule has 1 aliphatic rings. The Morgan fingerprint density at radius 2 is 1.84 bits per heavy atom. The molecule has 0 spiro atoms. The predicted octanol–water partition coefficient (Wildman–Crippen LogP) is 1.61. The van der Waals surface area contributed by atoms with E-state index in [1.54, 1.807) is 14.2 Å². The van der Waals surface area contributed by atoms with Gasteiger partial charge in [-0.3, -0.25) is 9.80 Å². The number of benzene rings is 1. The molecule has 0 bridgehead atoms. The molecular formula is C19H32N2O4. The van der Waals surface area contributed by atoms with Crippen LogP contribution in [0.2, 0.25) is 0 Å². The fraction of sp³-hybridized carbons (Fsp3) is 0.684. The molecule has 6 heteroatoms. The number of rotatable bonds is 9. The van der Waals surface area contributed by atoms with Crippen molar-refractivity contribution in [3.8, 4) is 11.5 Å². The van der Waals surface area contributed by atoms with E-state index < -0.39 is 5.60 Å². The minimum Gasteiger partial charge on any atom is -0.493 e. The van der Waals surface area contributed by atoms with Gasteiger partial charge in [-0.05, 0) is 31.5 Å². The highest BCUT2D eigenvalue weighted by Gasteiger charge is 2.20. The average molecular weight is 352 g/mol. The van der Waals surface area contributed by atoms with Gasteiger partial charge in [0.25, 0.3) is 0 Å². The Labute approximate surface area is 151 Å². The number of morpholine rings is 1. The monoisotopic (exact) mass is 352 g/mol. The molecule has 6 nitrogen and oxygen atoms in total. The molecule has 0 saturated carbocycles. The SMILES string of the molecule is COc1ccc(CN(CCN2CCOCC2)CC(C)(C)O)cc1OC. The fourth-order valence-corrected chi connectivity index (χ4v) is 3.11. The lowest BCUT2D eigenvalue weighted by Gasteiger charge is -2.33. The molecule has 1 N–H and O–H groups in total. The van der Waals surface area contributed by atoms with Gasteiger partial charge in [0.1, 0.15) is 0 Å². The van der Waals surface area contributed by atoms with Crippen LogP contribution in [0.15, 0.2) is 18.2 Å². The van der Waals surface area contributed by atoms with Crippen molar-refractivity contribution < 1.29 is 19.3 Å². The standard InChI is InChI=1S/C19H32N2O4/c1-19(2,22)15-21(8-7-20-9-11-25-12-10-20)14-16-5-6-17(23-3)18(13-16)24-4/h5-6,13,22H,7-12,14-15H2,1-4H3. The van der Waals surface area contributed by atoms with Crippen LogP contribution in [0.1, 0.15) is 19.4 Å². The van der Waals surface area contributed by atoms with Crippen molar-refractivity contribution in [2.24, 2.45) is 0 Å². The van der Waals surface area contributed by atoms with Gasteiger partial charge in [0.2, 0.25) is 0 Å². The number of hydrogen-bond acceptors (Lipinski definition) is 6. The zero-order valence-corrected chi connectivity index (χ0v) is 16.0. The van der Waals surface area contributed by atoms with Crippen LogP contribution in [0.3, 0.4) is 0 Å². The molecule has 1 aromatic carbocycles. The molecular weight excluding hydrogens is 320 g/mol. The van der Waals surface area contributed by atoms with E-state index in [2.05, 4.69) is 9.80 Å². The second-order valence-electron chi connectivity index (χ2n) is 7.17. The zero-order valence-electron chi connectivity index (χ0n) is 16.0. The van der Waals surface area contributed by atoms with E-state index >= 15 is 0 Å². The Balaban J connectivity index is 2.01. The summed E-state index contributed by atoms with van der Waals surface area (Å²) in [5, 5.41) is 10.3.